The number of hydrogen-bond acceptors (Lipinski definition) is 2. The second-order valence-corrected chi connectivity index (χ2v) is 3.96. The summed E-state index contributed by atoms with van der Waals surface area (Å²) in [6.45, 7) is 5.62. The summed E-state index contributed by atoms with van der Waals surface area (Å²) in [4.78, 5) is 11.0. The normalized spacial score (nSPS) is 14.3. The Morgan fingerprint density at radius 1 is 1.53 bits per heavy atom. The summed E-state index contributed by atoms with van der Waals surface area (Å²) in [7, 11) is 0. The van der Waals surface area contributed by atoms with Gasteiger partial charge >= 0.3 is 5.97 Å². The smallest absolute Gasteiger partial charge is 0.310 e. The first kappa shape index (κ1) is 11.6. The van der Waals surface area contributed by atoms with Gasteiger partial charge in [-0.1, -0.05) is 19.4 Å². The van der Waals surface area contributed by atoms with Crippen LogP contribution in [0.25, 0.3) is 6.08 Å². The van der Waals surface area contributed by atoms with E-state index in [0.717, 1.165) is 5.57 Å². The van der Waals surface area contributed by atoms with Gasteiger partial charge in [-0.25, -0.2) is 0 Å². The standard InChI is InChI=1S/C12H16O3/c1-8(2)11(12(13)14)9(3)7-10-5-4-6-15-10/h4-8,11H,1-3H3,(H,13,14)/b9-7+. The predicted molar refractivity (Wildman–Crippen MR) is 58.3 cm³/mol. The third-order valence-electron chi connectivity index (χ3n) is 2.34. The van der Waals surface area contributed by atoms with Crippen LogP contribution in [0.3, 0.4) is 0 Å². The van der Waals surface area contributed by atoms with Crippen molar-refractivity contribution in [2.24, 2.45) is 11.8 Å². The minimum atomic E-state index is -0.787. The van der Waals surface area contributed by atoms with Crippen LogP contribution in [0.4, 0.5) is 0 Å². The molecular weight excluding hydrogens is 192 g/mol. The van der Waals surface area contributed by atoms with Crippen LogP contribution < -0.4 is 0 Å². The molecule has 1 atom stereocenters. The van der Waals surface area contributed by atoms with Crippen molar-refractivity contribution in [3.05, 3.63) is 29.7 Å². The van der Waals surface area contributed by atoms with E-state index in [2.05, 4.69) is 0 Å². The number of hydrogen-bond donors (Lipinski definition) is 1. The molecule has 0 saturated heterocycles. The van der Waals surface area contributed by atoms with Gasteiger partial charge in [0.2, 0.25) is 0 Å². The molecule has 15 heavy (non-hydrogen) atoms. The average Bonchev–Trinajstić information content (AvgIpc) is 2.54. The van der Waals surface area contributed by atoms with Gasteiger partial charge in [-0.2, -0.15) is 0 Å². The number of carboxylic acid groups (broad SMARTS) is 1. The lowest BCUT2D eigenvalue weighted by Crippen LogP contribution is -2.20. The first-order chi connectivity index (χ1) is 7.02. The zero-order valence-electron chi connectivity index (χ0n) is 9.23. The molecule has 1 aromatic heterocycles. The molecule has 0 spiro atoms. The van der Waals surface area contributed by atoms with E-state index in [-0.39, 0.29) is 5.92 Å². The highest BCUT2D eigenvalue weighted by Crippen LogP contribution is 2.22. The zero-order valence-corrected chi connectivity index (χ0v) is 9.23. The maximum Gasteiger partial charge on any atom is 0.310 e. The molecule has 82 valence electrons. The number of rotatable bonds is 4. The molecule has 0 aromatic carbocycles. The van der Waals surface area contributed by atoms with E-state index < -0.39 is 11.9 Å². The van der Waals surface area contributed by atoms with Crippen molar-refractivity contribution in [1.29, 1.82) is 0 Å². The van der Waals surface area contributed by atoms with Gasteiger partial charge in [0.1, 0.15) is 5.76 Å². The molecular formula is C12H16O3. The van der Waals surface area contributed by atoms with E-state index in [0.29, 0.717) is 5.76 Å². The number of carbonyl (C=O) groups is 1. The van der Waals surface area contributed by atoms with Crippen molar-refractivity contribution in [2.75, 3.05) is 0 Å². The van der Waals surface area contributed by atoms with E-state index in [4.69, 9.17) is 9.52 Å². The van der Waals surface area contributed by atoms with Crippen LogP contribution in [0.1, 0.15) is 26.5 Å². The molecule has 3 heteroatoms. The maximum atomic E-state index is 11.0. The lowest BCUT2D eigenvalue weighted by Gasteiger charge is -2.16. The summed E-state index contributed by atoms with van der Waals surface area (Å²) >= 11 is 0. The van der Waals surface area contributed by atoms with Crippen molar-refractivity contribution in [3.8, 4) is 0 Å². The molecule has 1 N–H and O–H groups in total. The Morgan fingerprint density at radius 2 is 2.20 bits per heavy atom. The van der Waals surface area contributed by atoms with Crippen LogP contribution in [0, 0.1) is 11.8 Å². The third-order valence-corrected chi connectivity index (χ3v) is 2.34. The summed E-state index contributed by atoms with van der Waals surface area (Å²) in [5.74, 6) is -0.464. The molecule has 1 rings (SSSR count). The molecule has 0 saturated carbocycles. The molecule has 1 unspecified atom stereocenters. The second-order valence-electron chi connectivity index (χ2n) is 3.96. The van der Waals surface area contributed by atoms with Crippen molar-refractivity contribution in [2.45, 2.75) is 20.8 Å². The Bertz CT molecular complexity index is 347. The van der Waals surface area contributed by atoms with Crippen molar-refractivity contribution in [1.82, 2.24) is 0 Å². The molecule has 0 radical (unpaired) electrons. The van der Waals surface area contributed by atoms with Gasteiger partial charge < -0.3 is 9.52 Å². The average molecular weight is 208 g/mol. The van der Waals surface area contributed by atoms with E-state index in [1.54, 1.807) is 18.4 Å². The van der Waals surface area contributed by atoms with Crippen LogP contribution in [0.2, 0.25) is 0 Å². The van der Waals surface area contributed by atoms with E-state index >= 15 is 0 Å². The highest BCUT2D eigenvalue weighted by Gasteiger charge is 2.23. The van der Waals surface area contributed by atoms with Gasteiger partial charge in [-0.05, 0) is 31.1 Å². The summed E-state index contributed by atoms with van der Waals surface area (Å²) < 4.78 is 5.14. The van der Waals surface area contributed by atoms with E-state index in [1.165, 1.54) is 0 Å². The summed E-state index contributed by atoms with van der Waals surface area (Å²) in [5, 5.41) is 9.07. The Labute approximate surface area is 89.4 Å². The van der Waals surface area contributed by atoms with Gasteiger partial charge in [0, 0.05) is 0 Å². The highest BCUT2D eigenvalue weighted by atomic mass is 16.4. The first-order valence-electron chi connectivity index (χ1n) is 4.97. The molecule has 3 nitrogen and oxygen atoms in total. The molecule has 0 aliphatic rings. The van der Waals surface area contributed by atoms with Crippen LogP contribution in [-0.2, 0) is 4.79 Å². The van der Waals surface area contributed by atoms with Crippen molar-refractivity contribution < 1.29 is 14.3 Å². The fourth-order valence-corrected chi connectivity index (χ4v) is 1.69. The van der Waals surface area contributed by atoms with Crippen LogP contribution in [-0.4, -0.2) is 11.1 Å². The fraction of sp³-hybridized carbons (Fsp3) is 0.417. The van der Waals surface area contributed by atoms with Gasteiger partial charge in [0.25, 0.3) is 0 Å². The molecule has 0 bridgehead atoms. The van der Waals surface area contributed by atoms with Gasteiger partial charge in [0.15, 0.2) is 0 Å². The van der Waals surface area contributed by atoms with Gasteiger partial charge in [0.05, 0.1) is 12.2 Å². The summed E-state index contributed by atoms with van der Waals surface area (Å²) in [6, 6.07) is 3.59. The molecule has 0 aliphatic carbocycles. The topological polar surface area (TPSA) is 50.4 Å². The Morgan fingerprint density at radius 3 is 2.60 bits per heavy atom. The number of aliphatic carboxylic acids is 1. The quantitative estimate of drug-likeness (QED) is 0.827. The Balaban J connectivity index is 2.90. The number of carboxylic acids is 1. The highest BCUT2D eigenvalue weighted by molar-refractivity contribution is 5.75. The Kier molecular flexibility index (Phi) is 3.72. The number of furan rings is 1. The van der Waals surface area contributed by atoms with Crippen LogP contribution in [0.5, 0.6) is 0 Å². The minimum Gasteiger partial charge on any atom is -0.481 e. The van der Waals surface area contributed by atoms with Crippen LogP contribution in [0.15, 0.2) is 28.4 Å². The van der Waals surface area contributed by atoms with E-state index in [9.17, 15) is 4.79 Å². The molecule has 1 heterocycles. The second kappa shape index (κ2) is 4.82. The molecule has 0 aliphatic heterocycles. The predicted octanol–water partition coefficient (Wildman–Crippen LogP) is 3.04. The minimum absolute atomic E-state index is 0.0775. The first-order valence-corrected chi connectivity index (χ1v) is 4.97. The van der Waals surface area contributed by atoms with E-state index in [1.807, 2.05) is 26.8 Å². The van der Waals surface area contributed by atoms with Crippen molar-refractivity contribution in [3.63, 3.8) is 0 Å². The Hall–Kier alpha value is -1.51. The fourth-order valence-electron chi connectivity index (χ4n) is 1.69. The zero-order chi connectivity index (χ0) is 11.4. The lowest BCUT2D eigenvalue weighted by atomic mass is 9.89. The largest absolute Gasteiger partial charge is 0.481 e. The molecule has 1 aromatic rings. The molecule has 0 fully saturated rings. The van der Waals surface area contributed by atoms with Gasteiger partial charge in [-0.15, -0.1) is 0 Å². The maximum absolute atomic E-state index is 11.0. The summed E-state index contributed by atoms with van der Waals surface area (Å²) in [5.41, 5.74) is 0.812. The van der Waals surface area contributed by atoms with Crippen molar-refractivity contribution >= 4 is 12.0 Å². The third kappa shape index (κ3) is 2.98. The van der Waals surface area contributed by atoms with Crippen LogP contribution >= 0.6 is 0 Å². The monoisotopic (exact) mass is 208 g/mol. The SMILES string of the molecule is C/C(=C\c1ccco1)C(C(=O)O)C(C)C. The van der Waals surface area contributed by atoms with Gasteiger partial charge in [-0.3, -0.25) is 4.79 Å². The lowest BCUT2D eigenvalue weighted by molar-refractivity contribution is -0.141. The summed E-state index contributed by atoms with van der Waals surface area (Å²) in [6.07, 6.45) is 3.35. The molecule has 0 amide bonds.